The van der Waals surface area contributed by atoms with Crippen molar-refractivity contribution in [1.82, 2.24) is 5.32 Å². The van der Waals surface area contributed by atoms with Crippen molar-refractivity contribution in [1.29, 1.82) is 0 Å². The molecule has 1 rings (SSSR count). The van der Waals surface area contributed by atoms with E-state index >= 15 is 0 Å². The van der Waals surface area contributed by atoms with E-state index in [1.54, 1.807) is 11.8 Å². The van der Waals surface area contributed by atoms with Crippen LogP contribution in [0.5, 0.6) is 0 Å². The normalized spacial score (nSPS) is 27.4. The minimum absolute atomic E-state index is 0.188. The first-order valence-electron chi connectivity index (χ1n) is 3.32. The van der Waals surface area contributed by atoms with Gasteiger partial charge < -0.3 is 10.4 Å². The Bertz CT molecular complexity index is 121. The third-order valence-electron chi connectivity index (χ3n) is 1.48. The van der Waals surface area contributed by atoms with Gasteiger partial charge in [-0.05, 0) is 0 Å². The molecule has 0 aromatic heterocycles. The topological polar surface area (TPSA) is 49.3 Å². The molecule has 1 heterocycles. The predicted octanol–water partition coefficient (Wildman–Crippen LogP) is 0.0236. The van der Waals surface area contributed by atoms with Gasteiger partial charge in [0.25, 0.3) is 0 Å². The van der Waals surface area contributed by atoms with E-state index in [-0.39, 0.29) is 5.92 Å². The molecule has 0 aromatic rings. The van der Waals surface area contributed by atoms with Crippen LogP contribution in [0.1, 0.15) is 0 Å². The van der Waals surface area contributed by atoms with Crippen molar-refractivity contribution >= 4 is 17.7 Å². The number of hydrogen-bond donors (Lipinski definition) is 2. The third kappa shape index (κ3) is 2.19. The second-order valence-corrected chi connectivity index (χ2v) is 3.46. The minimum atomic E-state index is -0.679. The maximum Gasteiger partial charge on any atom is 0.308 e. The highest BCUT2D eigenvalue weighted by Crippen LogP contribution is 2.10. The van der Waals surface area contributed by atoms with Gasteiger partial charge in [0.05, 0.1) is 5.92 Å². The van der Waals surface area contributed by atoms with E-state index in [1.807, 2.05) is 0 Å². The molecule has 0 radical (unpaired) electrons. The first-order valence-corrected chi connectivity index (χ1v) is 4.47. The van der Waals surface area contributed by atoms with Crippen molar-refractivity contribution in [3.63, 3.8) is 0 Å². The molecule has 0 bridgehead atoms. The van der Waals surface area contributed by atoms with Crippen molar-refractivity contribution < 1.29 is 9.90 Å². The predicted molar refractivity (Wildman–Crippen MR) is 41.3 cm³/mol. The summed E-state index contributed by atoms with van der Waals surface area (Å²) in [5, 5.41) is 11.7. The summed E-state index contributed by atoms with van der Waals surface area (Å²) in [6.45, 7) is 1.57. The zero-order chi connectivity index (χ0) is 7.40. The molecule has 1 aliphatic heterocycles. The highest BCUT2D eigenvalue weighted by molar-refractivity contribution is 7.99. The minimum Gasteiger partial charge on any atom is -0.481 e. The number of nitrogens with one attached hydrogen (secondary N) is 1. The van der Waals surface area contributed by atoms with E-state index in [0.717, 1.165) is 18.1 Å². The van der Waals surface area contributed by atoms with Crippen molar-refractivity contribution in [3.05, 3.63) is 0 Å². The summed E-state index contributed by atoms with van der Waals surface area (Å²) < 4.78 is 0. The molecule has 1 fully saturated rings. The average Bonchev–Trinajstić information content (AvgIpc) is 2.12. The van der Waals surface area contributed by atoms with Crippen LogP contribution in [-0.4, -0.2) is 35.7 Å². The number of carboxylic acid groups (broad SMARTS) is 1. The molecule has 10 heavy (non-hydrogen) atoms. The molecule has 1 unspecified atom stereocenters. The standard InChI is InChI=1S/C6H11NO2S/c8-6(9)5-3-7-1-2-10-4-5/h5,7H,1-4H2,(H,8,9). The van der Waals surface area contributed by atoms with Crippen LogP contribution < -0.4 is 5.32 Å². The summed E-state index contributed by atoms with van der Waals surface area (Å²) >= 11 is 1.71. The van der Waals surface area contributed by atoms with E-state index < -0.39 is 5.97 Å². The van der Waals surface area contributed by atoms with Crippen LogP contribution in [0, 0.1) is 5.92 Å². The van der Waals surface area contributed by atoms with Gasteiger partial charge in [-0.25, -0.2) is 0 Å². The van der Waals surface area contributed by atoms with Crippen LogP contribution in [0.25, 0.3) is 0 Å². The Kier molecular flexibility index (Phi) is 3.02. The second kappa shape index (κ2) is 3.83. The SMILES string of the molecule is O=C(O)C1CNCCSC1. The molecule has 0 aliphatic carbocycles. The van der Waals surface area contributed by atoms with Gasteiger partial charge in [0, 0.05) is 24.6 Å². The Morgan fingerprint density at radius 3 is 3.20 bits per heavy atom. The molecule has 2 N–H and O–H groups in total. The van der Waals surface area contributed by atoms with Crippen molar-refractivity contribution in [2.24, 2.45) is 5.92 Å². The zero-order valence-corrected chi connectivity index (χ0v) is 6.49. The summed E-state index contributed by atoms with van der Waals surface area (Å²) in [5.74, 6) is 0.918. The van der Waals surface area contributed by atoms with Crippen LogP contribution in [0.4, 0.5) is 0 Å². The maximum atomic E-state index is 10.5. The van der Waals surface area contributed by atoms with Crippen molar-refractivity contribution in [2.75, 3.05) is 24.6 Å². The number of rotatable bonds is 1. The molecule has 1 atom stereocenters. The molecule has 1 aliphatic rings. The largest absolute Gasteiger partial charge is 0.481 e. The monoisotopic (exact) mass is 161 g/mol. The van der Waals surface area contributed by atoms with Crippen LogP contribution >= 0.6 is 11.8 Å². The number of aliphatic carboxylic acids is 1. The molecule has 4 heteroatoms. The van der Waals surface area contributed by atoms with Crippen LogP contribution in [0.15, 0.2) is 0 Å². The smallest absolute Gasteiger partial charge is 0.308 e. The fourth-order valence-corrected chi connectivity index (χ4v) is 1.86. The summed E-state index contributed by atoms with van der Waals surface area (Å²) in [4.78, 5) is 10.5. The van der Waals surface area contributed by atoms with E-state index in [1.165, 1.54) is 0 Å². The molecule has 1 saturated heterocycles. The molecular formula is C6H11NO2S. The maximum absolute atomic E-state index is 10.5. The van der Waals surface area contributed by atoms with E-state index in [2.05, 4.69) is 5.32 Å². The first-order chi connectivity index (χ1) is 4.80. The fourth-order valence-electron chi connectivity index (χ4n) is 0.864. The quantitative estimate of drug-likeness (QED) is 0.569. The zero-order valence-electron chi connectivity index (χ0n) is 5.67. The number of hydrogen-bond acceptors (Lipinski definition) is 3. The van der Waals surface area contributed by atoms with E-state index in [4.69, 9.17) is 5.11 Å². The molecule has 0 amide bonds. The van der Waals surface area contributed by atoms with Gasteiger partial charge in [0.2, 0.25) is 0 Å². The van der Waals surface area contributed by atoms with Gasteiger partial charge in [0.1, 0.15) is 0 Å². The third-order valence-corrected chi connectivity index (χ3v) is 2.61. The van der Waals surface area contributed by atoms with Gasteiger partial charge in [-0.2, -0.15) is 11.8 Å². The molecule has 58 valence electrons. The van der Waals surface area contributed by atoms with E-state index in [0.29, 0.717) is 6.54 Å². The Labute approximate surface area is 64.2 Å². The van der Waals surface area contributed by atoms with Crippen molar-refractivity contribution in [2.45, 2.75) is 0 Å². The summed E-state index contributed by atoms with van der Waals surface area (Å²) in [5.41, 5.74) is 0. The van der Waals surface area contributed by atoms with Gasteiger partial charge in [0.15, 0.2) is 0 Å². The van der Waals surface area contributed by atoms with Gasteiger partial charge in [-0.1, -0.05) is 0 Å². The Hall–Kier alpha value is -0.220. The Balaban J connectivity index is 2.35. The van der Waals surface area contributed by atoms with Gasteiger partial charge in [-0.15, -0.1) is 0 Å². The van der Waals surface area contributed by atoms with E-state index in [9.17, 15) is 4.79 Å². The Morgan fingerprint density at radius 2 is 2.50 bits per heavy atom. The molecule has 0 aromatic carbocycles. The van der Waals surface area contributed by atoms with Crippen molar-refractivity contribution in [3.8, 4) is 0 Å². The fraction of sp³-hybridized carbons (Fsp3) is 0.833. The lowest BCUT2D eigenvalue weighted by Crippen LogP contribution is -2.28. The lowest BCUT2D eigenvalue weighted by atomic mass is 10.2. The highest BCUT2D eigenvalue weighted by Gasteiger charge is 2.18. The Morgan fingerprint density at radius 1 is 1.70 bits per heavy atom. The second-order valence-electron chi connectivity index (χ2n) is 2.31. The first kappa shape index (κ1) is 7.88. The highest BCUT2D eigenvalue weighted by atomic mass is 32.2. The summed E-state index contributed by atoms with van der Waals surface area (Å²) in [7, 11) is 0. The number of carbonyl (C=O) groups is 1. The van der Waals surface area contributed by atoms with Gasteiger partial charge >= 0.3 is 5.97 Å². The van der Waals surface area contributed by atoms with Crippen LogP contribution in [-0.2, 0) is 4.79 Å². The summed E-state index contributed by atoms with van der Waals surface area (Å²) in [6.07, 6.45) is 0. The summed E-state index contributed by atoms with van der Waals surface area (Å²) in [6, 6.07) is 0. The van der Waals surface area contributed by atoms with Gasteiger partial charge in [-0.3, -0.25) is 4.79 Å². The van der Waals surface area contributed by atoms with Crippen LogP contribution in [0.3, 0.4) is 0 Å². The average molecular weight is 161 g/mol. The number of carboxylic acids is 1. The lowest BCUT2D eigenvalue weighted by Gasteiger charge is -2.05. The molecular weight excluding hydrogens is 150 g/mol. The van der Waals surface area contributed by atoms with Crippen LogP contribution in [0.2, 0.25) is 0 Å². The molecule has 3 nitrogen and oxygen atoms in total. The number of thioether (sulfide) groups is 1. The lowest BCUT2D eigenvalue weighted by molar-refractivity contribution is -0.140. The molecule has 0 saturated carbocycles. The molecule has 0 spiro atoms.